The van der Waals surface area contributed by atoms with Gasteiger partial charge in [-0.25, -0.2) is 4.79 Å². The summed E-state index contributed by atoms with van der Waals surface area (Å²) in [5, 5.41) is 2.55. The minimum atomic E-state index is -0.505. The van der Waals surface area contributed by atoms with E-state index in [0.29, 0.717) is 13.0 Å². The van der Waals surface area contributed by atoms with Crippen LogP contribution in [0, 0.1) is 5.92 Å². The van der Waals surface area contributed by atoms with Crippen LogP contribution in [0.15, 0.2) is 0 Å². The van der Waals surface area contributed by atoms with Gasteiger partial charge in [0, 0.05) is 0 Å². The van der Waals surface area contributed by atoms with Gasteiger partial charge in [-0.15, -0.1) is 0 Å². The number of esters is 1. The number of hydrogen-bond donors (Lipinski definition) is 1. The van der Waals surface area contributed by atoms with Gasteiger partial charge >= 0.3 is 5.97 Å². The van der Waals surface area contributed by atoms with E-state index in [1.807, 2.05) is 6.92 Å². The fourth-order valence-corrected chi connectivity index (χ4v) is 1.83. The highest BCUT2D eigenvalue weighted by atomic mass is 16.5. The van der Waals surface area contributed by atoms with Crippen LogP contribution >= 0.6 is 0 Å². The fraction of sp³-hybridized carbons (Fsp3) is 0.846. The Morgan fingerprint density at radius 1 is 1.29 bits per heavy atom. The lowest BCUT2D eigenvalue weighted by Crippen LogP contribution is -2.42. The summed E-state index contributed by atoms with van der Waals surface area (Å²) in [5.74, 6) is -0.210. The second-order valence-electron chi connectivity index (χ2n) is 4.34. The standard InChI is InChI=1S/C13H25NO3/c1-4-6-7-8-9-11(3)12(14-10-15)13(16)17-5-2/h10-12H,4-9H2,1-3H3,(H,14,15)/t11?,12-/m1/s1. The third-order valence-corrected chi connectivity index (χ3v) is 2.87. The number of unbranched alkanes of at least 4 members (excludes halogenated alkanes) is 3. The van der Waals surface area contributed by atoms with Crippen LogP contribution in [0.1, 0.15) is 52.9 Å². The zero-order valence-electron chi connectivity index (χ0n) is 11.2. The van der Waals surface area contributed by atoms with E-state index in [4.69, 9.17) is 4.74 Å². The molecule has 0 saturated carbocycles. The maximum absolute atomic E-state index is 11.6. The SMILES string of the molecule is CCCCCCC(C)[C@@H](NC=O)C(=O)OCC. The Balaban J connectivity index is 4.09. The Bertz CT molecular complexity index is 219. The highest BCUT2D eigenvalue weighted by molar-refractivity contribution is 5.78. The summed E-state index contributed by atoms with van der Waals surface area (Å²) in [6.45, 7) is 6.25. The number of ether oxygens (including phenoxy) is 1. The third-order valence-electron chi connectivity index (χ3n) is 2.87. The van der Waals surface area contributed by atoms with Gasteiger partial charge in [-0.05, 0) is 19.3 Å². The van der Waals surface area contributed by atoms with E-state index in [0.717, 1.165) is 12.8 Å². The molecule has 0 aromatic rings. The minimum absolute atomic E-state index is 0.121. The molecule has 0 radical (unpaired) electrons. The molecule has 2 atom stereocenters. The number of rotatable bonds is 10. The Morgan fingerprint density at radius 2 is 2.00 bits per heavy atom. The molecule has 100 valence electrons. The summed E-state index contributed by atoms with van der Waals surface area (Å²) in [5.41, 5.74) is 0. The molecule has 0 aliphatic heterocycles. The van der Waals surface area contributed by atoms with Gasteiger partial charge in [0.1, 0.15) is 6.04 Å². The molecular formula is C13H25NO3. The maximum atomic E-state index is 11.6. The Labute approximate surface area is 104 Å². The van der Waals surface area contributed by atoms with Gasteiger partial charge in [0.15, 0.2) is 0 Å². The van der Waals surface area contributed by atoms with Gasteiger partial charge in [-0.1, -0.05) is 39.5 Å². The molecule has 0 aliphatic rings. The quantitative estimate of drug-likeness (QED) is 0.364. The van der Waals surface area contributed by atoms with Crippen molar-refractivity contribution in [1.29, 1.82) is 0 Å². The van der Waals surface area contributed by atoms with Crippen LogP contribution in [-0.2, 0) is 14.3 Å². The van der Waals surface area contributed by atoms with Crippen molar-refractivity contribution in [1.82, 2.24) is 5.32 Å². The van der Waals surface area contributed by atoms with Gasteiger partial charge in [0.2, 0.25) is 6.41 Å². The molecule has 1 N–H and O–H groups in total. The van der Waals surface area contributed by atoms with Gasteiger partial charge in [0.25, 0.3) is 0 Å². The van der Waals surface area contributed by atoms with Crippen molar-refractivity contribution in [3.05, 3.63) is 0 Å². The summed E-state index contributed by atoms with van der Waals surface area (Å²) < 4.78 is 4.94. The van der Waals surface area contributed by atoms with Gasteiger partial charge in [-0.2, -0.15) is 0 Å². The summed E-state index contributed by atoms with van der Waals surface area (Å²) in [6.07, 6.45) is 6.19. The Kier molecular flexibility index (Phi) is 9.49. The first-order valence-corrected chi connectivity index (χ1v) is 6.53. The van der Waals surface area contributed by atoms with Crippen LogP contribution < -0.4 is 5.32 Å². The zero-order chi connectivity index (χ0) is 13.1. The van der Waals surface area contributed by atoms with E-state index in [2.05, 4.69) is 12.2 Å². The van der Waals surface area contributed by atoms with Gasteiger partial charge < -0.3 is 10.1 Å². The molecule has 0 bridgehead atoms. The first-order chi connectivity index (χ1) is 8.17. The smallest absolute Gasteiger partial charge is 0.328 e. The molecule has 1 amide bonds. The van der Waals surface area contributed by atoms with E-state index in [1.54, 1.807) is 6.92 Å². The summed E-state index contributed by atoms with van der Waals surface area (Å²) in [6, 6.07) is -0.505. The van der Waals surface area contributed by atoms with Crippen LogP contribution in [0.5, 0.6) is 0 Å². The molecule has 17 heavy (non-hydrogen) atoms. The molecule has 0 aromatic heterocycles. The lowest BCUT2D eigenvalue weighted by atomic mass is 9.95. The third kappa shape index (κ3) is 6.97. The second kappa shape index (κ2) is 10.1. The molecule has 0 fully saturated rings. The van der Waals surface area contributed by atoms with E-state index in [9.17, 15) is 9.59 Å². The van der Waals surface area contributed by atoms with E-state index < -0.39 is 6.04 Å². The monoisotopic (exact) mass is 243 g/mol. The van der Waals surface area contributed by atoms with Crippen molar-refractivity contribution >= 4 is 12.4 Å². The van der Waals surface area contributed by atoms with Crippen molar-refractivity contribution < 1.29 is 14.3 Å². The van der Waals surface area contributed by atoms with Crippen LogP contribution in [0.25, 0.3) is 0 Å². The average molecular weight is 243 g/mol. The highest BCUT2D eigenvalue weighted by Gasteiger charge is 2.25. The predicted octanol–water partition coefficient (Wildman–Crippen LogP) is 2.27. The fourth-order valence-electron chi connectivity index (χ4n) is 1.83. The summed E-state index contributed by atoms with van der Waals surface area (Å²) in [7, 11) is 0. The highest BCUT2D eigenvalue weighted by Crippen LogP contribution is 2.15. The molecular weight excluding hydrogens is 218 g/mol. The van der Waals surface area contributed by atoms with Crippen LogP contribution in [0.2, 0.25) is 0 Å². The largest absolute Gasteiger partial charge is 0.464 e. The lowest BCUT2D eigenvalue weighted by molar-refractivity contribution is -0.148. The first-order valence-electron chi connectivity index (χ1n) is 6.53. The summed E-state index contributed by atoms with van der Waals surface area (Å²) >= 11 is 0. The van der Waals surface area contributed by atoms with E-state index in [-0.39, 0.29) is 11.9 Å². The zero-order valence-corrected chi connectivity index (χ0v) is 11.2. The minimum Gasteiger partial charge on any atom is -0.464 e. The molecule has 0 saturated heterocycles. The predicted molar refractivity (Wildman–Crippen MR) is 67.5 cm³/mol. The van der Waals surface area contributed by atoms with Crippen molar-refractivity contribution in [3.8, 4) is 0 Å². The van der Waals surface area contributed by atoms with Gasteiger partial charge in [0.05, 0.1) is 6.61 Å². The molecule has 0 aliphatic carbocycles. The van der Waals surface area contributed by atoms with Crippen molar-refractivity contribution in [2.45, 2.75) is 58.9 Å². The normalized spacial score (nSPS) is 13.8. The molecule has 0 heterocycles. The van der Waals surface area contributed by atoms with E-state index in [1.165, 1.54) is 19.3 Å². The van der Waals surface area contributed by atoms with Crippen molar-refractivity contribution in [2.24, 2.45) is 5.92 Å². The number of carbonyl (C=O) groups excluding carboxylic acids is 2. The molecule has 4 heteroatoms. The van der Waals surface area contributed by atoms with Crippen LogP contribution in [-0.4, -0.2) is 25.0 Å². The number of hydrogen-bond acceptors (Lipinski definition) is 3. The number of carbonyl (C=O) groups is 2. The van der Waals surface area contributed by atoms with Crippen molar-refractivity contribution in [3.63, 3.8) is 0 Å². The topological polar surface area (TPSA) is 55.4 Å². The first kappa shape index (κ1) is 15.9. The Morgan fingerprint density at radius 3 is 2.53 bits per heavy atom. The maximum Gasteiger partial charge on any atom is 0.328 e. The Hall–Kier alpha value is -1.06. The molecule has 0 aromatic carbocycles. The second-order valence-corrected chi connectivity index (χ2v) is 4.34. The molecule has 4 nitrogen and oxygen atoms in total. The number of nitrogens with one attached hydrogen (secondary N) is 1. The number of amides is 1. The van der Waals surface area contributed by atoms with Gasteiger partial charge in [-0.3, -0.25) is 4.79 Å². The van der Waals surface area contributed by atoms with Crippen LogP contribution in [0.3, 0.4) is 0 Å². The lowest BCUT2D eigenvalue weighted by Gasteiger charge is -2.21. The van der Waals surface area contributed by atoms with Crippen molar-refractivity contribution in [2.75, 3.05) is 6.61 Å². The molecule has 1 unspecified atom stereocenters. The molecule has 0 rings (SSSR count). The summed E-state index contributed by atoms with van der Waals surface area (Å²) in [4.78, 5) is 22.1. The van der Waals surface area contributed by atoms with Crippen LogP contribution in [0.4, 0.5) is 0 Å². The molecule has 0 spiro atoms. The average Bonchev–Trinajstić information content (AvgIpc) is 2.31. The van der Waals surface area contributed by atoms with E-state index >= 15 is 0 Å².